The maximum absolute atomic E-state index is 12.7. The Bertz CT molecular complexity index is 957. The minimum Gasteiger partial charge on any atom is -0.327 e. The Morgan fingerprint density at radius 3 is 2.63 bits per heavy atom. The van der Waals surface area contributed by atoms with E-state index in [4.69, 9.17) is 4.98 Å². The molecule has 1 amide bonds. The van der Waals surface area contributed by atoms with Crippen LogP contribution in [0.1, 0.15) is 44.0 Å². The monoisotopic (exact) mass is 361 g/mol. The van der Waals surface area contributed by atoms with Crippen molar-refractivity contribution >= 4 is 22.6 Å². The molecule has 1 aliphatic heterocycles. The van der Waals surface area contributed by atoms with Crippen LogP contribution in [0.4, 0.5) is 5.69 Å². The second-order valence-electron chi connectivity index (χ2n) is 7.82. The van der Waals surface area contributed by atoms with E-state index in [1.807, 2.05) is 23.1 Å². The first-order valence-corrected chi connectivity index (χ1v) is 9.89. The molecule has 1 saturated heterocycles. The van der Waals surface area contributed by atoms with Crippen LogP contribution in [-0.2, 0) is 11.3 Å². The number of nitrogens with zero attached hydrogens (tertiary/aromatic N) is 3. The van der Waals surface area contributed by atoms with Crippen molar-refractivity contribution in [3.8, 4) is 0 Å². The fraction of sp³-hybridized carbons (Fsp3) is 0.391. The summed E-state index contributed by atoms with van der Waals surface area (Å²) in [7, 11) is 0. The summed E-state index contributed by atoms with van der Waals surface area (Å²) in [6, 6.07) is 16.5. The van der Waals surface area contributed by atoms with E-state index < -0.39 is 0 Å². The Labute approximate surface area is 160 Å². The van der Waals surface area contributed by atoms with E-state index >= 15 is 0 Å². The average Bonchev–Trinajstić information content (AvgIpc) is 3.23. The maximum atomic E-state index is 12.7. The van der Waals surface area contributed by atoms with Gasteiger partial charge in [-0.2, -0.15) is 0 Å². The van der Waals surface area contributed by atoms with Gasteiger partial charge in [-0.05, 0) is 37.1 Å². The van der Waals surface area contributed by atoms with Crippen molar-refractivity contribution in [2.45, 2.75) is 46.1 Å². The summed E-state index contributed by atoms with van der Waals surface area (Å²) in [6.07, 6.45) is 1.66. The largest absolute Gasteiger partial charge is 0.327 e. The molecule has 2 aromatic carbocycles. The van der Waals surface area contributed by atoms with Crippen molar-refractivity contribution in [3.05, 3.63) is 59.9 Å². The van der Waals surface area contributed by atoms with Crippen molar-refractivity contribution in [3.63, 3.8) is 0 Å². The van der Waals surface area contributed by atoms with Gasteiger partial charge < -0.3 is 9.47 Å². The van der Waals surface area contributed by atoms with Gasteiger partial charge in [0.1, 0.15) is 5.82 Å². The van der Waals surface area contributed by atoms with Gasteiger partial charge in [0, 0.05) is 31.1 Å². The quantitative estimate of drug-likeness (QED) is 0.647. The maximum Gasteiger partial charge on any atom is 0.227 e. The fourth-order valence-corrected chi connectivity index (χ4v) is 3.89. The zero-order chi connectivity index (χ0) is 19.0. The lowest BCUT2D eigenvalue weighted by molar-refractivity contribution is -0.117. The zero-order valence-corrected chi connectivity index (χ0v) is 16.4. The summed E-state index contributed by atoms with van der Waals surface area (Å²) in [5, 5.41) is 0. The normalized spacial score (nSPS) is 18.4. The van der Waals surface area contributed by atoms with Crippen LogP contribution in [0.5, 0.6) is 0 Å². The number of hydrogen-bond acceptors (Lipinski definition) is 2. The summed E-state index contributed by atoms with van der Waals surface area (Å²) in [6.45, 7) is 8.21. The molecule has 0 unspecified atom stereocenters. The Morgan fingerprint density at radius 2 is 1.89 bits per heavy atom. The third kappa shape index (κ3) is 3.36. The summed E-state index contributed by atoms with van der Waals surface area (Å²) >= 11 is 0. The molecule has 4 rings (SSSR count). The van der Waals surface area contributed by atoms with E-state index in [-0.39, 0.29) is 11.8 Å². The molecule has 3 aromatic rings. The standard InChI is InChI=1S/C23H27N3O/c1-4-16(2)14-26-21-8-6-5-7-20(21)24-23(26)18-13-22(27)25(15-18)19-11-9-17(3)10-12-19/h5-12,16,18H,4,13-15H2,1-3H3/t16-,18+/m0/s1. The molecule has 0 saturated carbocycles. The molecule has 1 fully saturated rings. The fourth-order valence-electron chi connectivity index (χ4n) is 3.89. The minimum absolute atomic E-state index is 0.134. The lowest BCUT2D eigenvalue weighted by Crippen LogP contribution is -2.24. The number of benzene rings is 2. The molecular formula is C23H27N3O. The molecule has 0 aliphatic carbocycles. The Balaban J connectivity index is 1.69. The third-order valence-corrected chi connectivity index (χ3v) is 5.71. The van der Waals surface area contributed by atoms with Gasteiger partial charge in [0.15, 0.2) is 0 Å². The summed E-state index contributed by atoms with van der Waals surface area (Å²) in [4.78, 5) is 19.6. The molecule has 140 valence electrons. The van der Waals surface area contributed by atoms with E-state index in [1.54, 1.807) is 0 Å². The smallest absolute Gasteiger partial charge is 0.227 e. The van der Waals surface area contributed by atoms with E-state index in [1.165, 1.54) is 11.1 Å². The number of fused-ring (bicyclic) bond motifs is 1. The number of amides is 1. The molecule has 0 spiro atoms. The third-order valence-electron chi connectivity index (χ3n) is 5.71. The van der Waals surface area contributed by atoms with Crippen LogP contribution in [0.15, 0.2) is 48.5 Å². The van der Waals surface area contributed by atoms with Crippen LogP contribution in [0.2, 0.25) is 0 Å². The first-order chi connectivity index (χ1) is 13.1. The summed E-state index contributed by atoms with van der Waals surface area (Å²) < 4.78 is 2.35. The molecule has 2 atom stereocenters. The van der Waals surface area contributed by atoms with Crippen molar-refractivity contribution in [2.24, 2.45) is 5.92 Å². The van der Waals surface area contributed by atoms with E-state index in [2.05, 4.69) is 55.7 Å². The number of rotatable bonds is 5. The van der Waals surface area contributed by atoms with Crippen molar-refractivity contribution in [2.75, 3.05) is 11.4 Å². The number of aromatic nitrogens is 2. The minimum atomic E-state index is 0.134. The number of aryl methyl sites for hydroxylation is 1. The highest BCUT2D eigenvalue weighted by atomic mass is 16.2. The van der Waals surface area contributed by atoms with Crippen LogP contribution in [-0.4, -0.2) is 22.0 Å². The topological polar surface area (TPSA) is 38.1 Å². The number of hydrogen-bond donors (Lipinski definition) is 0. The molecule has 27 heavy (non-hydrogen) atoms. The summed E-state index contributed by atoms with van der Waals surface area (Å²) in [5.74, 6) is 1.95. The van der Waals surface area contributed by atoms with Gasteiger partial charge in [0.05, 0.1) is 11.0 Å². The Hall–Kier alpha value is -2.62. The number of carbonyl (C=O) groups is 1. The van der Waals surface area contributed by atoms with Crippen LogP contribution < -0.4 is 4.90 Å². The molecule has 0 N–H and O–H groups in total. The van der Waals surface area contributed by atoms with Gasteiger partial charge in [-0.3, -0.25) is 4.79 Å². The van der Waals surface area contributed by atoms with Crippen LogP contribution in [0.25, 0.3) is 11.0 Å². The highest BCUT2D eigenvalue weighted by molar-refractivity contribution is 5.96. The van der Waals surface area contributed by atoms with E-state index in [9.17, 15) is 4.79 Å². The van der Waals surface area contributed by atoms with E-state index in [0.29, 0.717) is 18.9 Å². The zero-order valence-electron chi connectivity index (χ0n) is 16.4. The predicted molar refractivity (Wildman–Crippen MR) is 110 cm³/mol. The van der Waals surface area contributed by atoms with Crippen LogP contribution in [0, 0.1) is 12.8 Å². The molecule has 2 heterocycles. The van der Waals surface area contributed by atoms with Crippen LogP contribution >= 0.6 is 0 Å². The van der Waals surface area contributed by atoms with Gasteiger partial charge in [-0.25, -0.2) is 4.98 Å². The molecule has 4 heteroatoms. The van der Waals surface area contributed by atoms with Gasteiger partial charge in [-0.15, -0.1) is 0 Å². The highest BCUT2D eigenvalue weighted by Crippen LogP contribution is 2.33. The van der Waals surface area contributed by atoms with Crippen molar-refractivity contribution in [1.29, 1.82) is 0 Å². The Kier molecular flexibility index (Phi) is 4.73. The SMILES string of the molecule is CC[C@H](C)Cn1c([C@@H]2CC(=O)N(c3ccc(C)cc3)C2)nc2ccccc21. The van der Waals surface area contributed by atoms with Gasteiger partial charge in [-0.1, -0.05) is 50.1 Å². The molecule has 4 nitrogen and oxygen atoms in total. The molecule has 0 bridgehead atoms. The first-order valence-electron chi connectivity index (χ1n) is 9.89. The van der Waals surface area contributed by atoms with E-state index in [0.717, 1.165) is 30.0 Å². The first kappa shape index (κ1) is 17.8. The predicted octanol–water partition coefficient (Wildman–Crippen LogP) is 4.91. The molecule has 1 aromatic heterocycles. The van der Waals surface area contributed by atoms with Gasteiger partial charge in [0.25, 0.3) is 0 Å². The van der Waals surface area contributed by atoms with Gasteiger partial charge in [0.2, 0.25) is 5.91 Å². The highest BCUT2D eigenvalue weighted by Gasteiger charge is 2.34. The number of imidazole rings is 1. The summed E-state index contributed by atoms with van der Waals surface area (Å²) in [5.41, 5.74) is 4.39. The number of para-hydroxylation sites is 2. The average molecular weight is 361 g/mol. The number of carbonyl (C=O) groups excluding carboxylic acids is 1. The lowest BCUT2D eigenvalue weighted by atomic mass is 10.1. The second-order valence-corrected chi connectivity index (χ2v) is 7.82. The lowest BCUT2D eigenvalue weighted by Gasteiger charge is -2.19. The van der Waals surface area contributed by atoms with Crippen LogP contribution in [0.3, 0.4) is 0 Å². The van der Waals surface area contributed by atoms with Crippen molar-refractivity contribution < 1.29 is 4.79 Å². The number of anilines is 1. The van der Waals surface area contributed by atoms with Gasteiger partial charge >= 0.3 is 0 Å². The molecule has 1 aliphatic rings. The Morgan fingerprint density at radius 1 is 1.15 bits per heavy atom. The van der Waals surface area contributed by atoms with Crippen molar-refractivity contribution in [1.82, 2.24) is 9.55 Å². The second kappa shape index (κ2) is 7.18. The molecule has 0 radical (unpaired) electrons. The molecular weight excluding hydrogens is 334 g/mol.